The Balaban J connectivity index is 2.13. The van der Waals surface area contributed by atoms with Crippen molar-refractivity contribution >= 4 is 17.3 Å². The Hall–Kier alpha value is -1.75. The second kappa shape index (κ2) is 6.61. The summed E-state index contributed by atoms with van der Waals surface area (Å²) in [7, 11) is 0. The highest BCUT2D eigenvalue weighted by molar-refractivity contribution is 5.96. The van der Waals surface area contributed by atoms with Crippen LogP contribution in [0.2, 0.25) is 0 Å². The van der Waals surface area contributed by atoms with Gasteiger partial charge in [-0.2, -0.15) is 0 Å². The molecule has 1 fully saturated rings. The van der Waals surface area contributed by atoms with Crippen LogP contribution in [0.1, 0.15) is 43.0 Å². The van der Waals surface area contributed by atoms with Gasteiger partial charge in [0.2, 0.25) is 0 Å². The zero-order valence-corrected chi connectivity index (χ0v) is 11.9. The van der Waals surface area contributed by atoms with Gasteiger partial charge in [0.05, 0.1) is 23.5 Å². The van der Waals surface area contributed by atoms with Crippen molar-refractivity contribution in [1.29, 1.82) is 0 Å². The number of nitrogens with two attached hydrogens (primary N) is 1. The van der Waals surface area contributed by atoms with Crippen LogP contribution in [0.15, 0.2) is 18.2 Å². The minimum atomic E-state index is -0.351. The first-order chi connectivity index (χ1) is 9.61. The molecule has 0 aliphatic heterocycles. The minimum Gasteiger partial charge on any atom is -0.397 e. The van der Waals surface area contributed by atoms with Gasteiger partial charge in [-0.1, -0.05) is 12.8 Å². The topological polar surface area (TPSA) is 87.4 Å². The predicted octanol–water partition coefficient (Wildman–Crippen LogP) is 1.73. The largest absolute Gasteiger partial charge is 0.397 e. The first-order valence-corrected chi connectivity index (χ1v) is 7.24. The number of aliphatic hydroxyl groups excluding tert-OH is 1. The lowest BCUT2D eigenvalue weighted by Gasteiger charge is -2.29. The highest BCUT2D eigenvalue weighted by Gasteiger charge is 2.23. The van der Waals surface area contributed by atoms with E-state index in [9.17, 15) is 9.90 Å². The van der Waals surface area contributed by atoms with Crippen LogP contribution in [-0.4, -0.2) is 29.7 Å². The van der Waals surface area contributed by atoms with Gasteiger partial charge in [-0.25, -0.2) is 0 Å². The Morgan fingerprint density at radius 3 is 2.85 bits per heavy atom. The Morgan fingerprint density at radius 2 is 2.15 bits per heavy atom. The summed E-state index contributed by atoms with van der Waals surface area (Å²) >= 11 is 0. The fraction of sp³-hybridized carbons (Fsp3) is 0.533. The van der Waals surface area contributed by atoms with Crippen LogP contribution in [0.25, 0.3) is 0 Å². The molecule has 0 spiro atoms. The Labute approximate surface area is 119 Å². The van der Waals surface area contributed by atoms with Gasteiger partial charge in [0.25, 0.3) is 5.91 Å². The fourth-order valence-corrected chi connectivity index (χ4v) is 2.56. The molecule has 1 aliphatic carbocycles. The summed E-state index contributed by atoms with van der Waals surface area (Å²) in [6.45, 7) is 2.47. The molecule has 1 aromatic rings. The van der Waals surface area contributed by atoms with E-state index in [1.54, 1.807) is 18.2 Å². The van der Waals surface area contributed by atoms with Crippen LogP contribution < -0.4 is 16.4 Å². The maximum atomic E-state index is 11.8. The standard InChI is InChI=1S/C15H23N3O2/c1-2-17-15(20)10-7-8-11(16)13(9-10)18-12-5-3-4-6-14(12)19/h7-9,12,14,18-19H,2-6,16H2,1H3,(H,17,20). The first-order valence-electron chi connectivity index (χ1n) is 7.24. The molecular weight excluding hydrogens is 254 g/mol. The van der Waals surface area contributed by atoms with Crippen LogP contribution in [0.4, 0.5) is 11.4 Å². The zero-order chi connectivity index (χ0) is 14.5. The second-order valence-corrected chi connectivity index (χ2v) is 5.26. The summed E-state index contributed by atoms with van der Waals surface area (Å²) < 4.78 is 0. The predicted molar refractivity (Wildman–Crippen MR) is 80.7 cm³/mol. The molecule has 20 heavy (non-hydrogen) atoms. The maximum Gasteiger partial charge on any atom is 0.251 e. The van der Waals surface area contributed by atoms with Crippen LogP contribution in [0.5, 0.6) is 0 Å². The summed E-state index contributed by atoms with van der Waals surface area (Å²) in [5, 5.41) is 16.0. The van der Waals surface area contributed by atoms with Crippen LogP contribution in [-0.2, 0) is 0 Å². The highest BCUT2D eigenvalue weighted by Crippen LogP contribution is 2.26. The third kappa shape index (κ3) is 3.42. The van der Waals surface area contributed by atoms with Crippen molar-refractivity contribution in [2.24, 2.45) is 0 Å². The molecule has 5 heteroatoms. The number of rotatable bonds is 4. The van der Waals surface area contributed by atoms with Gasteiger partial charge in [-0.05, 0) is 38.0 Å². The lowest BCUT2D eigenvalue weighted by Crippen LogP contribution is -2.36. The van der Waals surface area contributed by atoms with Gasteiger partial charge >= 0.3 is 0 Å². The third-order valence-electron chi connectivity index (χ3n) is 3.72. The summed E-state index contributed by atoms with van der Waals surface area (Å²) in [5.74, 6) is -0.111. The van der Waals surface area contributed by atoms with E-state index in [0.717, 1.165) is 31.4 Å². The number of hydrogen-bond donors (Lipinski definition) is 4. The number of nitrogen functional groups attached to an aromatic ring is 1. The normalized spacial score (nSPS) is 22.3. The van der Waals surface area contributed by atoms with Crippen LogP contribution >= 0.6 is 0 Å². The Kier molecular flexibility index (Phi) is 4.84. The van der Waals surface area contributed by atoms with E-state index in [-0.39, 0.29) is 18.1 Å². The van der Waals surface area contributed by atoms with Crippen molar-refractivity contribution in [3.63, 3.8) is 0 Å². The van der Waals surface area contributed by atoms with Crippen molar-refractivity contribution < 1.29 is 9.90 Å². The molecule has 2 atom stereocenters. The average molecular weight is 277 g/mol. The van der Waals surface area contributed by atoms with E-state index in [1.807, 2.05) is 6.92 Å². The number of benzene rings is 1. The average Bonchev–Trinajstić information content (AvgIpc) is 2.44. The van der Waals surface area contributed by atoms with E-state index >= 15 is 0 Å². The quantitative estimate of drug-likeness (QED) is 0.631. The van der Waals surface area contributed by atoms with Crippen molar-refractivity contribution in [1.82, 2.24) is 5.32 Å². The van der Waals surface area contributed by atoms with Crippen molar-refractivity contribution in [2.75, 3.05) is 17.6 Å². The summed E-state index contributed by atoms with van der Waals surface area (Å²) in [6.07, 6.45) is 3.55. The third-order valence-corrected chi connectivity index (χ3v) is 3.72. The van der Waals surface area contributed by atoms with E-state index in [2.05, 4.69) is 10.6 Å². The number of anilines is 2. The van der Waals surface area contributed by atoms with Crippen molar-refractivity contribution in [3.8, 4) is 0 Å². The smallest absolute Gasteiger partial charge is 0.251 e. The number of hydrogen-bond acceptors (Lipinski definition) is 4. The maximum absolute atomic E-state index is 11.8. The molecule has 110 valence electrons. The zero-order valence-electron chi connectivity index (χ0n) is 11.9. The molecule has 1 aromatic carbocycles. The van der Waals surface area contributed by atoms with Crippen molar-refractivity contribution in [3.05, 3.63) is 23.8 Å². The van der Waals surface area contributed by atoms with E-state index in [1.165, 1.54) is 0 Å². The minimum absolute atomic E-state index is 0.00976. The molecule has 5 nitrogen and oxygen atoms in total. The molecule has 1 saturated carbocycles. The molecule has 1 aliphatic rings. The summed E-state index contributed by atoms with van der Waals surface area (Å²) in [6, 6.07) is 5.20. The molecule has 0 heterocycles. The number of aliphatic hydroxyl groups is 1. The molecule has 5 N–H and O–H groups in total. The monoisotopic (exact) mass is 277 g/mol. The molecule has 0 bridgehead atoms. The second-order valence-electron chi connectivity index (χ2n) is 5.26. The van der Waals surface area contributed by atoms with Gasteiger partial charge in [0.1, 0.15) is 0 Å². The molecule has 2 unspecified atom stereocenters. The first kappa shape index (κ1) is 14.7. The van der Waals surface area contributed by atoms with E-state index in [0.29, 0.717) is 17.8 Å². The van der Waals surface area contributed by atoms with Crippen molar-refractivity contribution in [2.45, 2.75) is 44.8 Å². The number of nitrogens with one attached hydrogen (secondary N) is 2. The Morgan fingerprint density at radius 1 is 1.40 bits per heavy atom. The van der Waals surface area contributed by atoms with Gasteiger partial charge in [-0.15, -0.1) is 0 Å². The van der Waals surface area contributed by atoms with E-state index in [4.69, 9.17) is 5.73 Å². The van der Waals surface area contributed by atoms with Gasteiger partial charge in [0.15, 0.2) is 0 Å². The number of carbonyl (C=O) groups excluding carboxylic acids is 1. The van der Waals surface area contributed by atoms with Crippen LogP contribution in [0, 0.1) is 0 Å². The summed E-state index contributed by atoms with van der Waals surface area (Å²) in [4.78, 5) is 11.8. The molecule has 0 radical (unpaired) electrons. The number of carbonyl (C=O) groups is 1. The van der Waals surface area contributed by atoms with Gasteiger partial charge in [0, 0.05) is 12.1 Å². The van der Waals surface area contributed by atoms with E-state index < -0.39 is 0 Å². The highest BCUT2D eigenvalue weighted by atomic mass is 16.3. The SMILES string of the molecule is CCNC(=O)c1ccc(N)c(NC2CCCCC2O)c1. The van der Waals surface area contributed by atoms with Gasteiger partial charge in [-0.3, -0.25) is 4.79 Å². The van der Waals surface area contributed by atoms with Gasteiger partial charge < -0.3 is 21.5 Å². The molecule has 0 saturated heterocycles. The Bertz CT molecular complexity index is 476. The lowest BCUT2D eigenvalue weighted by molar-refractivity contribution is 0.0956. The number of amides is 1. The molecule has 2 rings (SSSR count). The lowest BCUT2D eigenvalue weighted by atomic mass is 9.92. The summed E-state index contributed by atoms with van der Waals surface area (Å²) in [5.41, 5.74) is 7.84. The van der Waals surface area contributed by atoms with Crippen LogP contribution in [0.3, 0.4) is 0 Å². The fourth-order valence-electron chi connectivity index (χ4n) is 2.56. The molecule has 1 amide bonds. The molecule has 0 aromatic heterocycles. The molecular formula is C15H23N3O2.